The van der Waals surface area contributed by atoms with E-state index in [4.69, 9.17) is 16.3 Å². The van der Waals surface area contributed by atoms with Crippen molar-refractivity contribution in [3.63, 3.8) is 0 Å². The molecule has 0 aromatic heterocycles. The van der Waals surface area contributed by atoms with E-state index in [2.05, 4.69) is 12.2 Å². The Morgan fingerprint density at radius 1 is 1.30 bits per heavy atom. The summed E-state index contributed by atoms with van der Waals surface area (Å²) in [4.78, 5) is 0. The third kappa shape index (κ3) is 4.72. The fourth-order valence-corrected chi connectivity index (χ4v) is 2.84. The highest BCUT2D eigenvalue weighted by Gasteiger charge is 2.21. The van der Waals surface area contributed by atoms with E-state index in [-0.39, 0.29) is 11.9 Å². The zero-order valence-corrected chi connectivity index (χ0v) is 12.8. The summed E-state index contributed by atoms with van der Waals surface area (Å²) >= 11 is 5.88. The van der Waals surface area contributed by atoms with Crippen LogP contribution in [0.2, 0.25) is 5.02 Å². The maximum absolute atomic E-state index is 13.6. The lowest BCUT2D eigenvalue weighted by molar-refractivity contribution is 0.0102. The molecule has 4 heteroatoms. The Kier molecular flexibility index (Phi) is 6.27. The lowest BCUT2D eigenvalue weighted by Crippen LogP contribution is -2.35. The second kappa shape index (κ2) is 7.96. The van der Waals surface area contributed by atoms with Gasteiger partial charge in [0.05, 0.1) is 12.7 Å². The van der Waals surface area contributed by atoms with E-state index in [9.17, 15) is 4.39 Å². The maximum atomic E-state index is 13.6. The zero-order valence-electron chi connectivity index (χ0n) is 12.0. The van der Waals surface area contributed by atoms with Crippen LogP contribution in [0.25, 0.3) is 0 Å². The van der Waals surface area contributed by atoms with Crippen LogP contribution in [0.5, 0.6) is 0 Å². The van der Waals surface area contributed by atoms with Crippen molar-refractivity contribution in [3.8, 4) is 0 Å². The molecule has 2 rings (SSSR count). The van der Waals surface area contributed by atoms with Crippen molar-refractivity contribution in [1.29, 1.82) is 0 Å². The molecule has 1 aliphatic carbocycles. The summed E-state index contributed by atoms with van der Waals surface area (Å²) in [6.07, 6.45) is 5.79. The fourth-order valence-electron chi connectivity index (χ4n) is 2.64. The van der Waals surface area contributed by atoms with Gasteiger partial charge in [0.25, 0.3) is 0 Å². The van der Waals surface area contributed by atoms with Crippen LogP contribution in [0.1, 0.15) is 44.6 Å². The number of hydrogen-bond donors (Lipinski definition) is 1. The Labute approximate surface area is 125 Å². The Morgan fingerprint density at radius 3 is 2.75 bits per heavy atom. The van der Waals surface area contributed by atoms with Gasteiger partial charge in [-0.1, -0.05) is 18.5 Å². The van der Waals surface area contributed by atoms with Gasteiger partial charge >= 0.3 is 0 Å². The quantitative estimate of drug-likeness (QED) is 0.845. The minimum absolute atomic E-state index is 0.243. The third-order valence-electron chi connectivity index (χ3n) is 3.84. The molecule has 2 nitrogen and oxygen atoms in total. The molecule has 112 valence electrons. The molecule has 1 saturated carbocycles. The summed E-state index contributed by atoms with van der Waals surface area (Å²) in [6, 6.07) is 5.22. The molecule has 0 aliphatic heterocycles. The van der Waals surface area contributed by atoms with Crippen LogP contribution in [-0.2, 0) is 11.3 Å². The van der Waals surface area contributed by atoms with Crippen molar-refractivity contribution < 1.29 is 9.13 Å². The monoisotopic (exact) mass is 299 g/mol. The molecule has 0 spiro atoms. The van der Waals surface area contributed by atoms with Crippen LogP contribution in [0.15, 0.2) is 18.2 Å². The molecule has 0 bridgehead atoms. The Bertz CT molecular complexity index is 419. The minimum Gasteiger partial charge on any atom is -0.373 e. The van der Waals surface area contributed by atoms with Gasteiger partial charge in [-0.15, -0.1) is 0 Å². The van der Waals surface area contributed by atoms with Crippen LogP contribution in [-0.4, -0.2) is 18.7 Å². The second-order valence-electron chi connectivity index (χ2n) is 5.47. The minimum atomic E-state index is -0.243. The van der Waals surface area contributed by atoms with Crippen molar-refractivity contribution >= 4 is 11.6 Å². The van der Waals surface area contributed by atoms with E-state index >= 15 is 0 Å². The summed E-state index contributed by atoms with van der Waals surface area (Å²) in [7, 11) is 0. The van der Waals surface area contributed by atoms with Gasteiger partial charge in [0.1, 0.15) is 5.82 Å². The first-order chi connectivity index (χ1) is 9.69. The maximum Gasteiger partial charge on any atom is 0.128 e. The predicted molar refractivity (Wildman–Crippen MR) is 80.5 cm³/mol. The van der Waals surface area contributed by atoms with Gasteiger partial charge in [0, 0.05) is 16.6 Å². The normalized spacial score (nSPS) is 22.9. The number of nitrogens with one attached hydrogen (secondary N) is 1. The average molecular weight is 300 g/mol. The molecule has 1 aliphatic rings. The molecule has 20 heavy (non-hydrogen) atoms. The van der Waals surface area contributed by atoms with E-state index in [1.807, 2.05) is 0 Å². The molecule has 0 saturated heterocycles. The van der Waals surface area contributed by atoms with Crippen LogP contribution < -0.4 is 5.32 Å². The largest absolute Gasteiger partial charge is 0.373 e. The standard InChI is InChI=1S/C16H23ClFNO/c1-2-9-19-14-4-6-15(7-5-14)20-11-12-10-13(17)3-8-16(12)18/h3,8,10,14-15,19H,2,4-7,9,11H2,1H3. The van der Waals surface area contributed by atoms with Gasteiger partial charge in [-0.25, -0.2) is 4.39 Å². The number of halogens is 2. The average Bonchev–Trinajstić information content (AvgIpc) is 2.47. The van der Waals surface area contributed by atoms with E-state index in [0.717, 1.165) is 32.2 Å². The molecule has 1 aromatic rings. The van der Waals surface area contributed by atoms with Crippen molar-refractivity contribution in [2.45, 2.75) is 57.8 Å². The molecule has 1 fully saturated rings. The summed E-state index contributed by atoms with van der Waals surface area (Å²) < 4.78 is 19.4. The zero-order chi connectivity index (χ0) is 14.4. The summed E-state index contributed by atoms with van der Waals surface area (Å²) in [5, 5.41) is 4.10. The first kappa shape index (κ1) is 15.7. The molecule has 0 amide bonds. The van der Waals surface area contributed by atoms with E-state index in [1.54, 1.807) is 12.1 Å². The van der Waals surface area contributed by atoms with Gasteiger partial charge in [0.15, 0.2) is 0 Å². The Morgan fingerprint density at radius 2 is 2.05 bits per heavy atom. The molecule has 1 N–H and O–H groups in total. The van der Waals surface area contributed by atoms with Crippen molar-refractivity contribution in [2.75, 3.05) is 6.54 Å². The SMILES string of the molecule is CCCNC1CCC(OCc2cc(Cl)ccc2F)CC1. The molecule has 0 heterocycles. The van der Waals surface area contributed by atoms with Crippen LogP contribution in [0.3, 0.4) is 0 Å². The summed E-state index contributed by atoms with van der Waals surface area (Å²) in [6.45, 7) is 3.58. The molecular weight excluding hydrogens is 277 g/mol. The van der Waals surface area contributed by atoms with Gasteiger partial charge in [-0.05, 0) is 56.8 Å². The lowest BCUT2D eigenvalue weighted by atomic mass is 9.93. The highest BCUT2D eigenvalue weighted by atomic mass is 35.5. The molecule has 0 unspecified atom stereocenters. The van der Waals surface area contributed by atoms with E-state index < -0.39 is 0 Å². The van der Waals surface area contributed by atoms with Crippen molar-refractivity contribution in [2.24, 2.45) is 0 Å². The Hall–Kier alpha value is -0.640. The number of hydrogen-bond acceptors (Lipinski definition) is 2. The van der Waals surface area contributed by atoms with Crippen molar-refractivity contribution in [1.82, 2.24) is 5.32 Å². The molecular formula is C16H23ClFNO. The number of rotatable bonds is 6. The first-order valence-electron chi connectivity index (χ1n) is 7.48. The lowest BCUT2D eigenvalue weighted by Gasteiger charge is -2.29. The van der Waals surface area contributed by atoms with E-state index in [0.29, 0.717) is 23.2 Å². The van der Waals surface area contributed by atoms with Crippen LogP contribution >= 0.6 is 11.6 Å². The third-order valence-corrected chi connectivity index (χ3v) is 4.07. The van der Waals surface area contributed by atoms with Gasteiger partial charge in [-0.2, -0.15) is 0 Å². The molecule has 1 aromatic carbocycles. The molecule has 0 radical (unpaired) electrons. The molecule has 0 atom stereocenters. The van der Waals surface area contributed by atoms with Crippen LogP contribution in [0, 0.1) is 5.82 Å². The topological polar surface area (TPSA) is 21.3 Å². The van der Waals surface area contributed by atoms with Gasteiger partial charge in [-0.3, -0.25) is 0 Å². The van der Waals surface area contributed by atoms with Crippen molar-refractivity contribution in [3.05, 3.63) is 34.6 Å². The number of ether oxygens (including phenoxy) is 1. The highest BCUT2D eigenvalue weighted by molar-refractivity contribution is 6.30. The summed E-state index contributed by atoms with van der Waals surface area (Å²) in [5.41, 5.74) is 0.545. The predicted octanol–water partition coefficient (Wildman–Crippen LogP) is 4.31. The first-order valence-corrected chi connectivity index (χ1v) is 7.85. The highest BCUT2D eigenvalue weighted by Crippen LogP contribution is 2.23. The number of benzene rings is 1. The smallest absolute Gasteiger partial charge is 0.128 e. The Balaban J connectivity index is 1.74. The second-order valence-corrected chi connectivity index (χ2v) is 5.91. The van der Waals surface area contributed by atoms with Crippen LogP contribution in [0.4, 0.5) is 4.39 Å². The summed E-state index contributed by atoms with van der Waals surface area (Å²) in [5.74, 6) is -0.243. The van der Waals surface area contributed by atoms with Gasteiger partial charge < -0.3 is 10.1 Å². The fraction of sp³-hybridized carbons (Fsp3) is 0.625. The van der Waals surface area contributed by atoms with Gasteiger partial charge in [0.2, 0.25) is 0 Å². The van der Waals surface area contributed by atoms with E-state index in [1.165, 1.54) is 12.5 Å².